The zero-order chi connectivity index (χ0) is 12.5. The Balaban J connectivity index is 1.60. The lowest BCUT2D eigenvalue weighted by molar-refractivity contribution is 0.0443. The third-order valence-corrected chi connectivity index (χ3v) is 4.86. The van der Waals surface area contributed by atoms with Gasteiger partial charge in [-0.2, -0.15) is 0 Å². The molecule has 2 bridgehead atoms. The average Bonchev–Trinajstić information content (AvgIpc) is 2.74. The number of nitrogens with one attached hydrogen (secondary N) is 1. The summed E-state index contributed by atoms with van der Waals surface area (Å²) < 4.78 is 0. The Hall–Kier alpha value is -0.810. The fourth-order valence-electron chi connectivity index (χ4n) is 3.81. The molecule has 4 fully saturated rings. The minimum atomic E-state index is -0.757. The Morgan fingerprint density at radius 1 is 1.06 bits per heavy atom. The summed E-state index contributed by atoms with van der Waals surface area (Å²) in [6.45, 7) is 4.93. The molecule has 2 atom stereocenters. The molecule has 4 aliphatic rings. The molecule has 5 heteroatoms. The van der Waals surface area contributed by atoms with E-state index in [1.807, 2.05) is 0 Å². The summed E-state index contributed by atoms with van der Waals surface area (Å²) in [5, 5.41) is 12.5. The highest BCUT2D eigenvalue weighted by molar-refractivity contribution is 5.65. The van der Waals surface area contributed by atoms with E-state index in [0.29, 0.717) is 25.2 Å². The van der Waals surface area contributed by atoms with Crippen LogP contribution in [0.25, 0.3) is 0 Å². The van der Waals surface area contributed by atoms with Gasteiger partial charge in [-0.25, -0.2) is 4.79 Å². The molecule has 5 nitrogen and oxygen atoms in total. The Bertz CT molecular complexity index is 311. The van der Waals surface area contributed by atoms with E-state index < -0.39 is 6.09 Å². The van der Waals surface area contributed by atoms with Crippen LogP contribution in [0.1, 0.15) is 25.7 Å². The maximum atomic E-state index is 10.9. The standard InChI is InChI=1S/C13H23N3O2/c17-13(18)15-5-3-11(4-6-15)16-9-10-1-2-12(16)8-14-7-10/h10-12,14H,1-9H2,(H,17,18). The smallest absolute Gasteiger partial charge is 0.407 e. The molecule has 0 saturated carbocycles. The van der Waals surface area contributed by atoms with Crippen LogP contribution in [-0.4, -0.2) is 65.8 Å². The average molecular weight is 253 g/mol. The molecule has 4 heterocycles. The van der Waals surface area contributed by atoms with Crippen molar-refractivity contribution in [3.05, 3.63) is 0 Å². The van der Waals surface area contributed by atoms with Crippen LogP contribution in [0.2, 0.25) is 0 Å². The normalized spacial score (nSPS) is 34.6. The second kappa shape index (κ2) is 5.05. The van der Waals surface area contributed by atoms with Crippen LogP contribution < -0.4 is 5.32 Å². The lowest BCUT2D eigenvalue weighted by Crippen LogP contribution is -2.53. The fraction of sp³-hybridized carbons (Fsp3) is 0.923. The van der Waals surface area contributed by atoms with Gasteiger partial charge in [-0.05, 0) is 38.1 Å². The number of carbonyl (C=O) groups is 1. The first kappa shape index (κ1) is 12.2. The number of hydrogen-bond donors (Lipinski definition) is 2. The molecule has 2 N–H and O–H groups in total. The highest BCUT2D eigenvalue weighted by Crippen LogP contribution is 2.29. The topological polar surface area (TPSA) is 55.8 Å². The van der Waals surface area contributed by atoms with Crippen molar-refractivity contribution in [2.24, 2.45) is 5.92 Å². The fourth-order valence-corrected chi connectivity index (χ4v) is 3.81. The summed E-state index contributed by atoms with van der Waals surface area (Å²) in [7, 11) is 0. The first-order valence-electron chi connectivity index (χ1n) is 7.18. The highest BCUT2D eigenvalue weighted by atomic mass is 16.4. The Kier molecular flexibility index (Phi) is 3.43. The van der Waals surface area contributed by atoms with Gasteiger partial charge in [-0.1, -0.05) is 0 Å². The Labute approximate surface area is 108 Å². The number of likely N-dealkylation sites (tertiary alicyclic amines) is 1. The van der Waals surface area contributed by atoms with E-state index in [2.05, 4.69) is 10.2 Å². The maximum Gasteiger partial charge on any atom is 0.407 e. The van der Waals surface area contributed by atoms with Crippen molar-refractivity contribution in [2.45, 2.75) is 37.8 Å². The molecule has 0 spiro atoms. The molecule has 0 aliphatic carbocycles. The Morgan fingerprint density at radius 3 is 2.56 bits per heavy atom. The van der Waals surface area contributed by atoms with Gasteiger partial charge in [-0.3, -0.25) is 4.90 Å². The quantitative estimate of drug-likeness (QED) is 0.726. The molecular weight excluding hydrogens is 230 g/mol. The van der Waals surface area contributed by atoms with E-state index >= 15 is 0 Å². The van der Waals surface area contributed by atoms with Crippen molar-refractivity contribution in [1.82, 2.24) is 15.1 Å². The van der Waals surface area contributed by atoms with Gasteiger partial charge in [0.2, 0.25) is 0 Å². The summed E-state index contributed by atoms with van der Waals surface area (Å²) in [6, 6.07) is 1.29. The summed E-state index contributed by atoms with van der Waals surface area (Å²) >= 11 is 0. The van der Waals surface area contributed by atoms with Gasteiger partial charge in [0, 0.05) is 38.3 Å². The lowest BCUT2D eigenvalue weighted by Gasteiger charge is -2.44. The minimum Gasteiger partial charge on any atom is -0.465 e. The van der Waals surface area contributed by atoms with Gasteiger partial charge in [0.15, 0.2) is 0 Å². The van der Waals surface area contributed by atoms with Crippen LogP contribution in [0.3, 0.4) is 0 Å². The van der Waals surface area contributed by atoms with Crippen LogP contribution in [-0.2, 0) is 0 Å². The second-order valence-corrected chi connectivity index (χ2v) is 5.95. The van der Waals surface area contributed by atoms with Crippen LogP contribution in [0.5, 0.6) is 0 Å². The van der Waals surface area contributed by atoms with E-state index in [1.54, 1.807) is 4.90 Å². The first-order valence-corrected chi connectivity index (χ1v) is 7.18. The summed E-state index contributed by atoms with van der Waals surface area (Å²) in [6.07, 6.45) is 3.94. The van der Waals surface area contributed by atoms with E-state index in [1.165, 1.54) is 25.9 Å². The van der Waals surface area contributed by atoms with E-state index in [4.69, 9.17) is 5.11 Å². The lowest BCUT2D eigenvalue weighted by atomic mass is 9.91. The first-order chi connectivity index (χ1) is 8.74. The largest absolute Gasteiger partial charge is 0.465 e. The molecule has 4 aliphatic heterocycles. The summed E-state index contributed by atoms with van der Waals surface area (Å²) in [5.41, 5.74) is 0. The predicted molar refractivity (Wildman–Crippen MR) is 68.7 cm³/mol. The number of fused-ring (bicyclic) bond motifs is 4. The molecule has 102 valence electrons. The van der Waals surface area contributed by atoms with Crippen LogP contribution in [0.4, 0.5) is 4.79 Å². The summed E-state index contributed by atoms with van der Waals surface area (Å²) in [4.78, 5) is 15.2. The molecule has 0 aromatic rings. The molecule has 4 saturated heterocycles. The van der Waals surface area contributed by atoms with Gasteiger partial charge >= 0.3 is 6.09 Å². The van der Waals surface area contributed by atoms with Gasteiger partial charge in [-0.15, -0.1) is 0 Å². The number of hydrogen-bond acceptors (Lipinski definition) is 3. The number of amides is 1. The molecule has 0 aromatic heterocycles. The van der Waals surface area contributed by atoms with Gasteiger partial charge in [0.05, 0.1) is 0 Å². The van der Waals surface area contributed by atoms with E-state index in [9.17, 15) is 4.79 Å². The van der Waals surface area contributed by atoms with Crippen LogP contribution >= 0.6 is 0 Å². The van der Waals surface area contributed by atoms with Gasteiger partial charge in [0.1, 0.15) is 0 Å². The SMILES string of the molecule is O=C(O)N1CCC(N2CC3CCC2CNC3)CC1. The third-order valence-electron chi connectivity index (χ3n) is 4.86. The third kappa shape index (κ3) is 2.34. The zero-order valence-corrected chi connectivity index (χ0v) is 10.8. The van der Waals surface area contributed by atoms with Crippen molar-refractivity contribution in [1.29, 1.82) is 0 Å². The molecule has 1 amide bonds. The van der Waals surface area contributed by atoms with Gasteiger partial charge in [0.25, 0.3) is 0 Å². The maximum absolute atomic E-state index is 10.9. The number of piperidine rings is 2. The molecule has 2 unspecified atom stereocenters. The molecular formula is C13H23N3O2. The summed E-state index contributed by atoms with van der Waals surface area (Å²) in [5.74, 6) is 0.807. The van der Waals surface area contributed by atoms with E-state index in [0.717, 1.165) is 25.3 Å². The van der Waals surface area contributed by atoms with Crippen molar-refractivity contribution >= 4 is 6.09 Å². The van der Waals surface area contributed by atoms with Crippen molar-refractivity contribution in [2.75, 3.05) is 32.7 Å². The number of rotatable bonds is 1. The van der Waals surface area contributed by atoms with Crippen LogP contribution in [0.15, 0.2) is 0 Å². The van der Waals surface area contributed by atoms with Crippen molar-refractivity contribution in [3.63, 3.8) is 0 Å². The van der Waals surface area contributed by atoms with E-state index in [-0.39, 0.29) is 0 Å². The predicted octanol–water partition coefficient (Wildman–Crippen LogP) is 0.813. The van der Waals surface area contributed by atoms with Crippen LogP contribution in [0, 0.1) is 5.92 Å². The molecule has 4 rings (SSSR count). The highest BCUT2D eigenvalue weighted by Gasteiger charge is 2.36. The zero-order valence-electron chi connectivity index (χ0n) is 10.8. The Morgan fingerprint density at radius 2 is 1.83 bits per heavy atom. The minimum absolute atomic E-state index is 0.605. The number of nitrogens with zero attached hydrogens (tertiary/aromatic N) is 2. The monoisotopic (exact) mass is 253 g/mol. The molecule has 0 radical (unpaired) electrons. The van der Waals surface area contributed by atoms with Crippen molar-refractivity contribution in [3.8, 4) is 0 Å². The molecule has 0 aromatic carbocycles. The van der Waals surface area contributed by atoms with Gasteiger partial charge < -0.3 is 15.3 Å². The molecule has 18 heavy (non-hydrogen) atoms. The number of carboxylic acid groups (broad SMARTS) is 1. The second-order valence-electron chi connectivity index (χ2n) is 5.95. The van der Waals surface area contributed by atoms with Crippen molar-refractivity contribution < 1.29 is 9.90 Å².